The van der Waals surface area contributed by atoms with Gasteiger partial charge < -0.3 is 46.5 Å². The summed E-state index contributed by atoms with van der Waals surface area (Å²) in [6, 6.07) is 8.53. The molecule has 2 unspecified atom stereocenters. The lowest BCUT2D eigenvalue weighted by atomic mass is 9.68. The van der Waals surface area contributed by atoms with Gasteiger partial charge in [0.1, 0.15) is 25.2 Å². The minimum Gasteiger partial charge on any atom is -0.458 e. The van der Waals surface area contributed by atoms with Crippen molar-refractivity contribution in [3.63, 3.8) is 0 Å². The Labute approximate surface area is 461 Å². The molecule has 4 aliphatic carbocycles. The summed E-state index contributed by atoms with van der Waals surface area (Å²) in [6.45, 7) is 3.40. The number of nitrogens with zero attached hydrogens (tertiary/aromatic N) is 2. The number of hydrogen-bond donors (Lipinski definition) is 7. The van der Waals surface area contributed by atoms with Crippen molar-refractivity contribution in [2.75, 3.05) is 46.1 Å². The molecule has 2 aromatic carbocycles. The molecular formula is C58H67FN8O13. The number of esters is 1. The highest BCUT2D eigenvalue weighted by Crippen LogP contribution is 2.51. The number of rotatable bonds is 23. The number of aromatic nitrogens is 1. The summed E-state index contributed by atoms with van der Waals surface area (Å²) in [7, 11) is 0. The Morgan fingerprint density at radius 3 is 2.35 bits per heavy atom. The van der Waals surface area contributed by atoms with Gasteiger partial charge in [-0.25, -0.2) is 14.2 Å². The summed E-state index contributed by atoms with van der Waals surface area (Å²) in [6.07, 6.45) is 6.58. The molecule has 0 bridgehead atoms. The van der Waals surface area contributed by atoms with Gasteiger partial charge in [-0.2, -0.15) is 0 Å². The molecule has 1 saturated heterocycles. The Hall–Kier alpha value is -7.72. The van der Waals surface area contributed by atoms with Gasteiger partial charge in [0.25, 0.3) is 0 Å². The molecule has 0 radical (unpaired) electrons. The first-order chi connectivity index (χ1) is 38.3. The summed E-state index contributed by atoms with van der Waals surface area (Å²) in [5.41, 5.74) is 2.28. The molecule has 22 heteroatoms. The quantitative estimate of drug-likeness (QED) is 0.0310. The molecule has 2 aliphatic heterocycles. The maximum Gasteiger partial charge on any atom is 0.343 e. The average molecular weight is 1100 g/mol. The summed E-state index contributed by atoms with van der Waals surface area (Å²) >= 11 is 0. The van der Waals surface area contributed by atoms with E-state index < -0.39 is 77.5 Å². The number of aryl methyl sites for hydroxylation is 1. The fourth-order valence-electron chi connectivity index (χ4n) is 11.8. The van der Waals surface area contributed by atoms with Crippen molar-refractivity contribution < 1.29 is 66.9 Å². The van der Waals surface area contributed by atoms with Crippen molar-refractivity contribution in [1.29, 1.82) is 0 Å². The predicted molar refractivity (Wildman–Crippen MR) is 284 cm³/mol. The number of hydrogen-bond acceptors (Lipinski definition) is 14. The van der Waals surface area contributed by atoms with Crippen molar-refractivity contribution in [2.24, 2.45) is 17.3 Å². The molecule has 8 amide bonds. The number of imide groups is 1. The minimum atomic E-state index is -2.02. The average Bonchev–Trinajstić information content (AvgIpc) is 4.04. The van der Waals surface area contributed by atoms with Gasteiger partial charge in [-0.1, -0.05) is 57.0 Å². The van der Waals surface area contributed by atoms with Gasteiger partial charge in [-0.3, -0.25) is 48.1 Å². The van der Waals surface area contributed by atoms with E-state index in [0.29, 0.717) is 79.4 Å². The Morgan fingerprint density at radius 1 is 0.912 bits per heavy atom. The number of carbonyl (C=O) groups excluding carboxylic acids is 10. The molecule has 1 aromatic heterocycles. The molecule has 3 aromatic rings. The Balaban J connectivity index is 0.753. The van der Waals surface area contributed by atoms with E-state index in [1.54, 1.807) is 57.2 Å². The molecule has 21 nitrogen and oxygen atoms in total. The number of cyclic esters (lactones) is 1. The number of ether oxygens (including phenoxy) is 2. The van der Waals surface area contributed by atoms with Crippen LogP contribution >= 0.6 is 0 Å². The maximum absolute atomic E-state index is 15.5. The smallest absolute Gasteiger partial charge is 0.343 e. The summed E-state index contributed by atoms with van der Waals surface area (Å²) < 4.78 is 26.7. The van der Waals surface area contributed by atoms with Crippen LogP contribution in [0.4, 0.5) is 4.39 Å². The van der Waals surface area contributed by atoms with E-state index in [0.717, 1.165) is 28.5 Å². The van der Waals surface area contributed by atoms with Crippen molar-refractivity contribution >= 4 is 75.5 Å². The largest absolute Gasteiger partial charge is 0.458 e. The van der Waals surface area contributed by atoms with Crippen LogP contribution in [0, 0.1) is 30.0 Å². The lowest BCUT2D eigenvalue weighted by Gasteiger charge is -2.41. The summed E-state index contributed by atoms with van der Waals surface area (Å²) in [5.74, 6) is -6.19. The second kappa shape index (κ2) is 23.9. The van der Waals surface area contributed by atoms with Gasteiger partial charge >= 0.3 is 5.97 Å². The van der Waals surface area contributed by atoms with Gasteiger partial charge in [-0.05, 0) is 97.8 Å². The minimum absolute atomic E-state index is 0.0204. The number of Topliss-reactive ketones (excluding diaryl/α,β-unsaturated/α-hetero) is 1. The number of halogens is 1. The number of nitrogens with one attached hydrogen (secondary N) is 6. The lowest BCUT2D eigenvalue weighted by Crippen LogP contribution is -2.52. The highest BCUT2D eigenvalue weighted by atomic mass is 19.1. The van der Waals surface area contributed by atoms with Gasteiger partial charge in [0, 0.05) is 54.3 Å². The number of benzene rings is 2. The number of amides is 8. The van der Waals surface area contributed by atoms with Gasteiger partial charge in [-0.15, -0.1) is 0 Å². The first-order valence-electron chi connectivity index (χ1n) is 27.5. The number of ketones is 1. The normalized spacial score (nSPS) is 21.8. The third-order valence-electron chi connectivity index (χ3n) is 16.6. The zero-order valence-corrected chi connectivity index (χ0v) is 45.1. The van der Waals surface area contributed by atoms with Crippen LogP contribution in [0.1, 0.15) is 118 Å². The van der Waals surface area contributed by atoms with Gasteiger partial charge in [0.05, 0.1) is 54.8 Å². The molecule has 9 rings (SSSR count). The summed E-state index contributed by atoms with van der Waals surface area (Å²) in [4.78, 5) is 136. The van der Waals surface area contributed by atoms with Crippen LogP contribution in [0.5, 0.6) is 0 Å². The molecular weight excluding hydrogens is 1040 g/mol. The molecule has 3 heterocycles. The maximum atomic E-state index is 15.5. The van der Waals surface area contributed by atoms with Crippen LogP contribution in [0.3, 0.4) is 0 Å². The molecule has 0 spiro atoms. The fourth-order valence-corrected chi connectivity index (χ4v) is 11.8. The van der Waals surface area contributed by atoms with E-state index in [4.69, 9.17) is 14.5 Å². The number of allylic oxidation sites excluding steroid dienone is 1. The van der Waals surface area contributed by atoms with Crippen LogP contribution in [0.2, 0.25) is 0 Å². The van der Waals surface area contributed by atoms with E-state index in [-0.39, 0.29) is 105 Å². The van der Waals surface area contributed by atoms with Crippen molar-refractivity contribution in [1.82, 2.24) is 41.8 Å². The Morgan fingerprint density at radius 2 is 1.64 bits per heavy atom. The first kappa shape index (κ1) is 57.0. The number of aliphatic hydroxyl groups is 1. The second-order valence-corrected chi connectivity index (χ2v) is 21.8. The van der Waals surface area contributed by atoms with Crippen molar-refractivity contribution in [3.05, 3.63) is 92.9 Å². The van der Waals surface area contributed by atoms with Crippen LogP contribution in [-0.4, -0.2) is 132 Å². The number of unbranched alkanes of at least 4 members (excludes halogenated alkanes) is 2. The van der Waals surface area contributed by atoms with Gasteiger partial charge in [0.2, 0.25) is 47.3 Å². The molecule has 5 atom stereocenters. The molecule has 6 aliphatic rings. The van der Waals surface area contributed by atoms with Crippen LogP contribution in [0.15, 0.2) is 53.6 Å². The van der Waals surface area contributed by atoms with Crippen molar-refractivity contribution in [3.8, 4) is 0 Å². The Kier molecular flexibility index (Phi) is 17.0. The lowest BCUT2D eigenvalue weighted by molar-refractivity contribution is -0.163. The third-order valence-corrected chi connectivity index (χ3v) is 16.6. The van der Waals surface area contributed by atoms with E-state index >= 15 is 4.39 Å². The molecule has 80 heavy (non-hydrogen) atoms. The molecule has 1 saturated carbocycles. The monoisotopic (exact) mass is 1100 g/mol. The summed E-state index contributed by atoms with van der Waals surface area (Å²) in [5, 5.41) is 28.1. The second-order valence-electron chi connectivity index (χ2n) is 21.8. The van der Waals surface area contributed by atoms with Crippen LogP contribution in [0.25, 0.3) is 16.5 Å². The zero-order chi connectivity index (χ0) is 57.0. The fraction of sp³-hybridized carbons (Fsp3) is 0.500. The zero-order valence-electron chi connectivity index (χ0n) is 45.1. The van der Waals surface area contributed by atoms with E-state index in [1.165, 1.54) is 11.0 Å². The van der Waals surface area contributed by atoms with E-state index in [2.05, 4.69) is 31.9 Å². The molecule has 7 N–H and O–H groups in total. The Bertz CT molecular complexity index is 3140. The van der Waals surface area contributed by atoms with Crippen LogP contribution < -0.4 is 31.9 Å². The van der Waals surface area contributed by atoms with Crippen LogP contribution in [-0.2, 0) is 76.7 Å². The SMILES string of the molecule is CC[C@@]1(O)C(=O)OCC2=C1C=C1c3nc4cc(F)c(C)c5c4c(c3CC1C2=O)[C@@H](NC(=O)C1(COCNC(=O)CNC(=O)[C@H](Cc2ccccc2)NC(=O)CNC(=O)CNC(=O)CCCCCN2C(=O)CC(C)C2=O)CCC1)CC5. The number of likely N-dealkylation sites (tertiary alicyclic amines) is 1. The molecule has 424 valence electrons. The van der Waals surface area contributed by atoms with Gasteiger partial charge in [0.15, 0.2) is 11.4 Å². The highest BCUT2D eigenvalue weighted by Gasteiger charge is 2.52. The van der Waals surface area contributed by atoms with E-state index in [9.17, 15) is 53.1 Å². The molecule has 2 fully saturated rings. The number of fused-ring (bicyclic) bond motifs is 4. The van der Waals surface area contributed by atoms with E-state index in [1.807, 2.05) is 0 Å². The predicted octanol–water partition coefficient (Wildman–Crippen LogP) is 2.21. The number of carbonyl (C=O) groups is 10. The highest BCUT2D eigenvalue weighted by molar-refractivity contribution is 6.13. The number of pyridine rings is 1. The third kappa shape index (κ3) is 11.6. The standard InChI is InChI=1S/C58H67FN8O13/c1-4-58(78)39-23-35-36(52(73)38(39)28-80-56(58)77)22-37-50-41(16-15-34-32(3)40(59)24-42(49(34)50)65-51(35)37)66-55(76)57(17-11-18-57)29-79-30-63-46(70)26-62-53(74)43(21-33-12-7-5-8-13-33)64-47(71)27-61-45(69)25-60-44(68)14-9-6-10-19-67-48(72)20-31(2)54(67)75/h5,7-8,12-13,23-24,31,36,41,43,78H,4,6,9-11,14-22,25-30H2,1-3H3,(H,60,68)(H,61,69)(H,62,74)(H,63,70)(H,64,71)(H,66,76)/t31?,36?,41-,43-,58-/m0/s1. The topological polar surface area (TPSA) is 298 Å². The van der Waals surface area contributed by atoms with Crippen molar-refractivity contribution in [2.45, 2.75) is 122 Å². The first-order valence-corrected chi connectivity index (χ1v) is 27.5.